The molecule has 0 aliphatic heterocycles. The molecule has 0 radical (unpaired) electrons. The van der Waals surface area contributed by atoms with Crippen LogP contribution in [0.4, 0.5) is 0 Å². The Morgan fingerprint density at radius 3 is 2.35 bits per heavy atom. The highest BCUT2D eigenvalue weighted by Gasteiger charge is 2.21. The van der Waals surface area contributed by atoms with Crippen LogP contribution in [-0.4, -0.2) is 17.0 Å². The first-order valence-corrected chi connectivity index (χ1v) is 7.74. The Morgan fingerprint density at radius 2 is 1.74 bits per heavy atom. The Morgan fingerprint density at radius 1 is 1.04 bits per heavy atom. The van der Waals surface area contributed by atoms with Crippen LogP contribution in [-0.2, 0) is 16.0 Å². The molecule has 0 heterocycles. The molecule has 1 atom stereocenters. The molecule has 0 bridgehead atoms. The fourth-order valence-electron chi connectivity index (χ4n) is 2.12. The van der Waals surface area contributed by atoms with Gasteiger partial charge in [-0.25, -0.2) is 4.79 Å². The number of nitrogens with one attached hydrogen (secondary N) is 1. The lowest BCUT2D eigenvalue weighted by atomic mass is 10.1. The zero-order valence-electron chi connectivity index (χ0n) is 12.1. The highest BCUT2D eigenvalue weighted by molar-refractivity contribution is 6.42. The molecule has 0 fully saturated rings. The number of hydrogen-bond acceptors (Lipinski definition) is 2. The van der Waals surface area contributed by atoms with E-state index >= 15 is 0 Å². The predicted octanol–water partition coefficient (Wildman–Crippen LogP) is 3.87. The van der Waals surface area contributed by atoms with Gasteiger partial charge in [0.05, 0.1) is 10.0 Å². The number of carbonyl (C=O) groups is 2. The van der Waals surface area contributed by atoms with Crippen molar-refractivity contribution in [2.45, 2.75) is 18.9 Å². The molecule has 0 saturated carbocycles. The van der Waals surface area contributed by atoms with Crippen LogP contribution in [0.3, 0.4) is 0 Å². The maximum Gasteiger partial charge on any atom is 0.330 e. The minimum atomic E-state index is -1.10. The van der Waals surface area contributed by atoms with Crippen molar-refractivity contribution in [2.75, 3.05) is 0 Å². The SMILES string of the molecule is O=C(CCc1ccc(Cl)c(Cl)c1)N[C@H](C(=O)O)c1ccccc1. The fraction of sp³-hybridized carbons (Fsp3) is 0.176. The molecule has 0 aromatic heterocycles. The summed E-state index contributed by atoms with van der Waals surface area (Å²) in [5, 5.41) is 12.7. The summed E-state index contributed by atoms with van der Waals surface area (Å²) in [6.07, 6.45) is 0.610. The highest BCUT2D eigenvalue weighted by atomic mass is 35.5. The molecule has 0 saturated heterocycles. The Kier molecular flexibility index (Phi) is 6.02. The second kappa shape index (κ2) is 7.99. The molecular formula is C17H15Cl2NO3. The molecule has 2 rings (SSSR count). The Hall–Kier alpha value is -2.04. The number of halogens is 2. The molecule has 1 amide bonds. The van der Waals surface area contributed by atoms with E-state index in [1.807, 2.05) is 0 Å². The molecule has 0 spiro atoms. The average molecular weight is 352 g/mol. The standard InChI is InChI=1S/C17H15Cl2NO3/c18-13-8-6-11(10-14(13)19)7-9-15(21)20-16(17(22)23)12-4-2-1-3-5-12/h1-6,8,10,16H,7,9H2,(H,20,21)(H,22,23)/t16-/m0/s1. The van der Waals surface area contributed by atoms with Gasteiger partial charge in [-0.15, -0.1) is 0 Å². The van der Waals surface area contributed by atoms with Crippen molar-refractivity contribution in [2.24, 2.45) is 0 Å². The van der Waals surface area contributed by atoms with Gasteiger partial charge in [0.25, 0.3) is 0 Å². The lowest BCUT2D eigenvalue weighted by Gasteiger charge is -2.15. The Labute approximate surface area is 144 Å². The quantitative estimate of drug-likeness (QED) is 0.829. The lowest BCUT2D eigenvalue weighted by Crippen LogP contribution is -2.33. The first kappa shape index (κ1) is 17.3. The van der Waals surface area contributed by atoms with Gasteiger partial charge in [0.2, 0.25) is 5.91 Å². The number of benzene rings is 2. The van der Waals surface area contributed by atoms with Gasteiger partial charge in [-0.1, -0.05) is 59.6 Å². The van der Waals surface area contributed by atoms with Crippen LogP contribution in [0.25, 0.3) is 0 Å². The van der Waals surface area contributed by atoms with Crippen molar-refractivity contribution in [3.05, 3.63) is 69.7 Å². The van der Waals surface area contributed by atoms with Gasteiger partial charge < -0.3 is 10.4 Å². The van der Waals surface area contributed by atoms with Crippen molar-refractivity contribution in [1.82, 2.24) is 5.32 Å². The highest BCUT2D eigenvalue weighted by Crippen LogP contribution is 2.23. The molecule has 6 heteroatoms. The molecule has 2 aromatic carbocycles. The van der Waals surface area contributed by atoms with Crippen LogP contribution in [0.1, 0.15) is 23.6 Å². The van der Waals surface area contributed by atoms with Crippen molar-refractivity contribution in [3.8, 4) is 0 Å². The summed E-state index contributed by atoms with van der Waals surface area (Å²) in [6, 6.07) is 12.7. The molecule has 0 aliphatic carbocycles. The lowest BCUT2D eigenvalue weighted by molar-refractivity contribution is -0.142. The third kappa shape index (κ3) is 4.98. The summed E-state index contributed by atoms with van der Waals surface area (Å²) in [7, 11) is 0. The van der Waals surface area contributed by atoms with Gasteiger partial charge in [-0.05, 0) is 29.7 Å². The summed E-state index contributed by atoms with van der Waals surface area (Å²) in [4.78, 5) is 23.4. The van der Waals surface area contributed by atoms with E-state index in [0.717, 1.165) is 5.56 Å². The molecule has 120 valence electrons. The zero-order valence-corrected chi connectivity index (χ0v) is 13.6. The van der Waals surface area contributed by atoms with Crippen LogP contribution >= 0.6 is 23.2 Å². The van der Waals surface area contributed by atoms with Crippen LogP contribution in [0.5, 0.6) is 0 Å². The van der Waals surface area contributed by atoms with Gasteiger partial charge in [0, 0.05) is 6.42 Å². The van der Waals surface area contributed by atoms with Gasteiger partial charge in [-0.3, -0.25) is 4.79 Å². The van der Waals surface area contributed by atoms with E-state index in [2.05, 4.69) is 5.32 Å². The van der Waals surface area contributed by atoms with Crippen LogP contribution in [0, 0.1) is 0 Å². The van der Waals surface area contributed by atoms with Crippen molar-refractivity contribution in [3.63, 3.8) is 0 Å². The van der Waals surface area contributed by atoms with Crippen LogP contribution in [0.2, 0.25) is 10.0 Å². The van der Waals surface area contributed by atoms with E-state index in [1.165, 1.54) is 0 Å². The summed E-state index contributed by atoms with van der Waals surface area (Å²) in [6.45, 7) is 0. The van der Waals surface area contributed by atoms with E-state index in [0.29, 0.717) is 22.0 Å². The monoisotopic (exact) mass is 351 g/mol. The summed E-state index contributed by atoms with van der Waals surface area (Å²) < 4.78 is 0. The van der Waals surface area contributed by atoms with Crippen molar-refractivity contribution >= 4 is 35.1 Å². The average Bonchev–Trinajstić information content (AvgIpc) is 2.54. The molecule has 2 N–H and O–H groups in total. The number of carboxylic acids is 1. The smallest absolute Gasteiger partial charge is 0.330 e. The predicted molar refractivity (Wildman–Crippen MR) is 89.7 cm³/mol. The van der Waals surface area contributed by atoms with E-state index in [4.69, 9.17) is 23.2 Å². The van der Waals surface area contributed by atoms with Gasteiger partial charge >= 0.3 is 5.97 Å². The molecule has 23 heavy (non-hydrogen) atoms. The minimum Gasteiger partial charge on any atom is -0.479 e. The second-order valence-corrected chi connectivity index (χ2v) is 5.81. The summed E-state index contributed by atoms with van der Waals surface area (Å²) in [5.41, 5.74) is 1.39. The topological polar surface area (TPSA) is 66.4 Å². The van der Waals surface area contributed by atoms with Gasteiger partial charge in [0.15, 0.2) is 6.04 Å². The molecule has 2 aromatic rings. The summed E-state index contributed by atoms with van der Waals surface area (Å²) in [5.74, 6) is -1.44. The number of hydrogen-bond donors (Lipinski definition) is 2. The normalized spacial score (nSPS) is 11.7. The first-order chi connectivity index (χ1) is 11.0. The van der Waals surface area contributed by atoms with Crippen molar-refractivity contribution < 1.29 is 14.7 Å². The van der Waals surface area contributed by atoms with Crippen molar-refractivity contribution in [1.29, 1.82) is 0 Å². The maximum absolute atomic E-state index is 12.0. The van der Waals surface area contributed by atoms with Crippen LogP contribution < -0.4 is 5.32 Å². The third-order valence-electron chi connectivity index (χ3n) is 3.31. The number of aliphatic carboxylic acids is 1. The number of carbonyl (C=O) groups excluding carboxylic acids is 1. The number of rotatable bonds is 6. The van der Waals surface area contributed by atoms with Crippen LogP contribution in [0.15, 0.2) is 48.5 Å². The van der Waals surface area contributed by atoms with E-state index in [-0.39, 0.29) is 12.3 Å². The third-order valence-corrected chi connectivity index (χ3v) is 4.05. The summed E-state index contributed by atoms with van der Waals surface area (Å²) >= 11 is 11.8. The fourth-order valence-corrected chi connectivity index (χ4v) is 2.44. The number of carboxylic acid groups (broad SMARTS) is 1. The molecule has 0 aliphatic rings. The van der Waals surface area contributed by atoms with Gasteiger partial charge in [0.1, 0.15) is 0 Å². The second-order valence-electron chi connectivity index (χ2n) is 5.00. The number of amides is 1. The van der Waals surface area contributed by atoms with E-state index in [9.17, 15) is 14.7 Å². The molecule has 4 nitrogen and oxygen atoms in total. The largest absolute Gasteiger partial charge is 0.479 e. The van der Waals surface area contributed by atoms with E-state index in [1.54, 1.807) is 48.5 Å². The van der Waals surface area contributed by atoms with Gasteiger partial charge in [-0.2, -0.15) is 0 Å². The number of aryl methyl sites for hydroxylation is 1. The Balaban J connectivity index is 1.97. The molecule has 0 unspecified atom stereocenters. The maximum atomic E-state index is 12.0. The van der Waals surface area contributed by atoms with E-state index < -0.39 is 12.0 Å². The first-order valence-electron chi connectivity index (χ1n) is 6.98. The molecular weight excluding hydrogens is 337 g/mol. The zero-order chi connectivity index (χ0) is 16.8. The minimum absolute atomic E-state index is 0.161. The Bertz CT molecular complexity index is 704.